The molecule has 0 unspecified atom stereocenters. The highest BCUT2D eigenvalue weighted by Crippen LogP contribution is 2.37. The molecule has 0 bridgehead atoms. The van der Waals surface area contributed by atoms with Crippen molar-refractivity contribution in [2.45, 2.75) is 69.2 Å². The smallest absolute Gasteiger partial charge is 0.162 e. The molecule has 0 atom stereocenters. The first-order valence-corrected chi connectivity index (χ1v) is 13.7. The minimum atomic E-state index is 0.207. The molecule has 3 aromatic carbocycles. The molecule has 0 aliphatic heterocycles. The van der Waals surface area contributed by atoms with E-state index < -0.39 is 0 Å². The SMILES string of the molecule is CC(=O)CCc1ccc(C(C)(C)C)cc1.CCc1cccc(Sc2ncnc3cc(OC)c(OC)cc23)c1. The average molecular weight is 531 g/mol. The predicted octanol–water partition coefficient (Wildman–Crippen LogP) is 7.87. The lowest BCUT2D eigenvalue weighted by Crippen LogP contribution is -2.10. The van der Waals surface area contributed by atoms with Crippen LogP contribution in [0.5, 0.6) is 11.5 Å². The number of fused-ring (bicyclic) bond motifs is 1. The van der Waals surface area contributed by atoms with E-state index in [1.54, 1.807) is 39.2 Å². The molecule has 0 N–H and O–H groups in total. The largest absolute Gasteiger partial charge is 0.493 e. The molecule has 1 aromatic heterocycles. The number of carbonyl (C=O) groups excluding carboxylic acids is 1. The normalized spacial score (nSPS) is 11.0. The fourth-order valence-electron chi connectivity index (χ4n) is 3.87. The quantitative estimate of drug-likeness (QED) is 0.216. The number of rotatable bonds is 8. The van der Waals surface area contributed by atoms with Crippen molar-refractivity contribution < 1.29 is 14.3 Å². The Hall–Kier alpha value is -3.38. The van der Waals surface area contributed by atoms with Crippen LogP contribution in [-0.4, -0.2) is 30.0 Å². The molecule has 4 aromatic rings. The van der Waals surface area contributed by atoms with E-state index in [0.29, 0.717) is 17.9 Å². The highest BCUT2D eigenvalue weighted by atomic mass is 32.2. The molecule has 0 saturated carbocycles. The molecule has 1 heterocycles. The van der Waals surface area contributed by atoms with Crippen LogP contribution >= 0.6 is 11.8 Å². The van der Waals surface area contributed by atoms with Gasteiger partial charge in [-0.05, 0) is 60.1 Å². The van der Waals surface area contributed by atoms with Gasteiger partial charge in [-0.25, -0.2) is 9.97 Å². The molecule has 0 amide bonds. The van der Waals surface area contributed by atoms with Crippen molar-refractivity contribution in [3.63, 3.8) is 0 Å². The third kappa shape index (κ3) is 8.06. The van der Waals surface area contributed by atoms with Gasteiger partial charge in [0, 0.05) is 22.8 Å². The van der Waals surface area contributed by atoms with Crippen LogP contribution in [0.25, 0.3) is 10.9 Å². The fraction of sp³-hybridized carbons (Fsp3) is 0.344. The number of Topliss-reactive ketones (excluding diaryl/α,β-unsaturated/α-hetero) is 1. The van der Waals surface area contributed by atoms with Crippen LogP contribution in [0.1, 0.15) is 57.7 Å². The zero-order valence-electron chi connectivity index (χ0n) is 23.5. The monoisotopic (exact) mass is 530 g/mol. The van der Waals surface area contributed by atoms with Gasteiger partial charge in [0.2, 0.25) is 0 Å². The number of methoxy groups -OCH3 is 2. The first-order valence-electron chi connectivity index (χ1n) is 12.9. The highest BCUT2D eigenvalue weighted by Gasteiger charge is 2.13. The molecule has 0 radical (unpaired) electrons. The fourth-order valence-corrected chi connectivity index (χ4v) is 4.83. The minimum absolute atomic E-state index is 0.207. The molecule has 6 heteroatoms. The number of ether oxygens (including phenoxy) is 2. The van der Waals surface area contributed by atoms with E-state index in [1.807, 2.05) is 12.1 Å². The van der Waals surface area contributed by atoms with Crippen molar-refractivity contribution in [2.24, 2.45) is 0 Å². The Morgan fingerprint density at radius 1 is 0.895 bits per heavy atom. The second kappa shape index (κ2) is 13.4. The highest BCUT2D eigenvalue weighted by molar-refractivity contribution is 7.99. The summed E-state index contributed by atoms with van der Waals surface area (Å²) in [6, 6.07) is 20.9. The number of ketones is 1. The lowest BCUT2D eigenvalue weighted by atomic mass is 9.86. The van der Waals surface area contributed by atoms with E-state index in [0.717, 1.165) is 28.8 Å². The second-order valence-corrected chi connectivity index (χ2v) is 11.2. The number of benzene rings is 3. The summed E-state index contributed by atoms with van der Waals surface area (Å²) in [5, 5.41) is 1.86. The maximum Gasteiger partial charge on any atom is 0.162 e. The number of hydrogen-bond acceptors (Lipinski definition) is 6. The Balaban J connectivity index is 0.000000232. The summed E-state index contributed by atoms with van der Waals surface area (Å²) in [7, 11) is 3.25. The third-order valence-electron chi connectivity index (χ3n) is 6.21. The molecule has 0 saturated heterocycles. The van der Waals surface area contributed by atoms with Crippen LogP contribution < -0.4 is 9.47 Å². The van der Waals surface area contributed by atoms with Crippen molar-refractivity contribution in [3.8, 4) is 11.5 Å². The number of carbonyl (C=O) groups is 1. The number of aryl methyl sites for hydroxylation is 2. The van der Waals surface area contributed by atoms with Crippen LogP contribution in [0, 0.1) is 0 Å². The lowest BCUT2D eigenvalue weighted by Gasteiger charge is -2.19. The van der Waals surface area contributed by atoms with Gasteiger partial charge in [0.25, 0.3) is 0 Å². The Bertz CT molecular complexity index is 1360. The van der Waals surface area contributed by atoms with Crippen LogP contribution in [-0.2, 0) is 23.1 Å². The summed E-state index contributed by atoms with van der Waals surface area (Å²) in [4.78, 5) is 20.8. The first-order chi connectivity index (χ1) is 18.1. The van der Waals surface area contributed by atoms with Crippen molar-refractivity contribution in [2.75, 3.05) is 14.2 Å². The zero-order chi connectivity index (χ0) is 27.7. The summed E-state index contributed by atoms with van der Waals surface area (Å²) in [5.74, 6) is 1.61. The van der Waals surface area contributed by atoms with Gasteiger partial charge in [-0.15, -0.1) is 0 Å². The Labute approximate surface area is 231 Å². The van der Waals surface area contributed by atoms with E-state index in [-0.39, 0.29) is 11.2 Å². The summed E-state index contributed by atoms with van der Waals surface area (Å²) >= 11 is 1.63. The Morgan fingerprint density at radius 2 is 1.58 bits per heavy atom. The van der Waals surface area contributed by atoms with Gasteiger partial charge in [0.15, 0.2) is 11.5 Å². The van der Waals surface area contributed by atoms with E-state index >= 15 is 0 Å². The minimum Gasteiger partial charge on any atom is -0.493 e. The van der Waals surface area contributed by atoms with Gasteiger partial charge >= 0.3 is 0 Å². The Kier molecular flexibility index (Phi) is 10.3. The summed E-state index contributed by atoms with van der Waals surface area (Å²) in [6.45, 7) is 10.4. The summed E-state index contributed by atoms with van der Waals surface area (Å²) in [6.07, 6.45) is 4.11. The molecule has 4 rings (SSSR count). The van der Waals surface area contributed by atoms with Gasteiger partial charge in [-0.1, -0.05) is 75.9 Å². The molecule has 0 aliphatic carbocycles. The van der Waals surface area contributed by atoms with Crippen LogP contribution in [0.4, 0.5) is 0 Å². The topological polar surface area (TPSA) is 61.3 Å². The van der Waals surface area contributed by atoms with Crippen molar-refractivity contribution in [3.05, 3.63) is 83.7 Å². The van der Waals surface area contributed by atoms with Gasteiger partial charge in [-0.2, -0.15) is 0 Å². The Morgan fingerprint density at radius 3 is 2.18 bits per heavy atom. The van der Waals surface area contributed by atoms with Crippen molar-refractivity contribution in [1.82, 2.24) is 9.97 Å². The van der Waals surface area contributed by atoms with Gasteiger partial charge in [-0.3, -0.25) is 0 Å². The number of nitrogens with zero attached hydrogens (tertiary/aromatic N) is 2. The standard InChI is InChI=1S/C18H18N2O2S.C14H20O/c1-4-12-6-5-7-13(8-12)23-18-14-9-16(21-2)17(22-3)10-15(14)19-11-20-18;1-11(15)5-6-12-7-9-13(10-8-12)14(2,3)4/h5-11H,4H2,1-3H3;7-10H,5-6H2,1-4H3. The van der Waals surface area contributed by atoms with Crippen LogP contribution in [0.3, 0.4) is 0 Å². The maximum absolute atomic E-state index is 10.8. The van der Waals surface area contributed by atoms with Gasteiger partial charge < -0.3 is 14.3 Å². The molecular weight excluding hydrogens is 492 g/mol. The van der Waals surface area contributed by atoms with Crippen molar-refractivity contribution in [1.29, 1.82) is 0 Å². The molecule has 0 aliphatic rings. The summed E-state index contributed by atoms with van der Waals surface area (Å²) in [5.41, 5.74) is 4.95. The van der Waals surface area contributed by atoms with E-state index in [9.17, 15) is 4.79 Å². The molecule has 5 nitrogen and oxygen atoms in total. The molecule has 200 valence electrons. The van der Waals surface area contributed by atoms with E-state index in [2.05, 4.69) is 86.2 Å². The van der Waals surface area contributed by atoms with Crippen molar-refractivity contribution >= 4 is 28.4 Å². The average Bonchev–Trinajstić information content (AvgIpc) is 2.91. The second-order valence-electron chi connectivity index (χ2n) is 10.2. The summed E-state index contributed by atoms with van der Waals surface area (Å²) < 4.78 is 10.7. The predicted molar refractivity (Wildman–Crippen MR) is 157 cm³/mol. The van der Waals surface area contributed by atoms with Crippen LogP contribution in [0.15, 0.2) is 76.9 Å². The van der Waals surface area contributed by atoms with E-state index in [1.165, 1.54) is 21.6 Å². The number of hydrogen-bond donors (Lipinski definition) is 0. The van der Waals surface area contributed by atoms with Gasteiger partial charge in [0.05, 0.1) is 19.7 Å². The van der Waals surface area contributed by atoms with Gasteiger partial charge in [0.1, 0.15) is 17.1 Å². The zero-order valence-corrected chi connectivity index (χ0v) is 24.3. The first kappa shape index (κ1) is 29.2. The molecular formula is C32H38N2O3S. The van der Waals surface area contributed by atoms with Crippen LogP contribution in [0.2, 0.25) is 0 Å². The number of aromatic nitrogens is 2. The molecule has 0 fully saturated rings. The third-order valence-corrected chi connectivity index (χ3v) is 7.22. The van der Waals surface area contributed by atoms with E-state index in [4.69, 9.17) is 9.47 Å². The maximum atomic E-state index is 10.8. The molecule has 38 heavy (non-hydrogen) atoms. The lowest BCUT2D eigenvalue weighted by molar-refractivity contribution is -0.116. The molecule has 0 spiro atoms.